The van der Waals surface area contributed by atoms with Gasteiger partial charge in [-0.1, -0.05) is 42.5 Å². The van der Waals surface area contributed by atoms with Crippen molar-refractivity contribution in [2.75, 3.05) is 12.5 Å². The van der Waals surface area contributed by atoms with Crippen molar-refractivity contribution in [2.24, 2.45) is 0 Å². The fourth-order valence-electron chi connectivity index (χ4n) is 5.05. The Morgan fingerprint density at radius 3 is 2.18 bits per heavy atom. The fraction of sp³-hybridized carbons (Fsp3) is 0.200. The Labute approximate surface area is 268 Å². The van der Waals surface area contributed by atoms with E-state index in [9.17, 15) is 26.7 Å². The lowest BCUT2D eigenvalue weighted by molar-refractivity contribution is 0.0696. The highest BCUT2D eigenvalue weighted by Crippen LogP contribution is 2.40. The molecule has 10 heteroatoms. The molecule has 1 atom stereocenters. The summed E-state index contributed by atoms with van der Waals surface area (Å²) >= 11 is 1.56. The minimum atomic E-state index is -3.42. The second-order valence-electron chi connectivity index (χ2n) is 11.6. The average molecular weight is 660 g/mol. The van der Waals surface area contributed by atoms with E-state index in [2.05, 4.69) is 11.1 Å². The van der Waals surface area contributed by atoms with Crippen molar-refractivity contribution >= 4 is 48.3 Å². The second-order valence-corrected chi connectivity index (χ2v) is 17.4. The molecule has 5 aromatic rings. The van der Waals surface area contributed by atoms with Crippen molar-refractivity contribution in [1.29, 1.82) is 0 Å². The Balaban J connectivity index is 1.56. The van der Waals surface area contributed by atoms with Crippen LogP contribution in [0, 0.1) is 0 Å². The predicted octanol–water partition coefficient (Wildman–Crippen LogP) is 7.36. The number of sulfone groups is 2. The summed E-state index contributed by atoms with van der Waals surface area (Å²) in [6.45, 7) is 3.42. The van der Waals surface area contributed by atoms with Crippen molar-refractivity contribution in [3.8, 4) is 11.1 Å². The van der Waals surface area contributed by atoms with Crippen molar-refractivity contribution in [2.45, 2.75) is 40.1 Å². The number of rotatable bonds is 10. The summed E-state index contributed by atoms with van der Waals surface area (Å²) in [5.41, 5.74) is 5.29. The van der Waals surface area contributed by atoms with Crippen LogP contribution < -0.4 is 0 Å². The monoisotopic (exact) mass is 659 g/mol. The van der Waals surface area contributed by atoms with E-state index >= 15 is 0 Å². The van der Waals surface area contributed by atoms with Gasteiger partial charge < -0.3 is 5.11 Å². The molecular formula is C35H33NO6S3. The van der Waals surface area contributed by atoms with Crippen LogP contribution in [0.2, 0.25) is 0 Å². The number of benzene rings is 4. The number of fused-ring (bicyclic) bond motifs is 1. The van der Waals surface area contributed by atoms with Gasteiger partial charge in [-0.3, -0.25) is 4.98 Å². The van der Waals surface area contributed by atoms with Crippen LogP contribution in [-0.4, -0.2) is 45.4 Å². The van der Waals surface area contributed by atoms with E-state index in [1.54, 1.807) is 68.2 Å². The van der Waals surface area contributed by atoms with Gasteiger partial charge in [0.05, 0.1) is 20.7 Å². The number of hydrogen-bond donors (Lipinski definition) is 1. The Hall–Kier alpha value is -3.99. The van der Waals surface area contributed by atoms with E-state index < -0.39 is 30.4 Å². The second kappa shape index (κ2) is 12.4. The molecule has 45 heavy (non-hydrogen) atoms. The molecule has 5 rings (SSSR count). The summed E-state index contributed by atoms with van der Waals surface area (Å²) in [6, 6.07) is 29.1. The zero-order valence-corrected chi connectivity index (χ0v) is 27.7. The molecule has 4 aromatic carbocycles. The molecule has 0 radical (unpaired) electrons. The molecule has 0 fully saturated rings. The van der Waals surface area contributed by atoms with Crippen LogP contribution in [0.25, 0.3) is 22.0 Å². The van der Waals surface area contributed by atoms with Crippen LogP contribution in [0.4, 0.5) is 0 Å². The predicted molar refractivity (Wildman–Crippen MR) is 180 cm³/mol. The molecule has 0 amide bonds. The van der Waals surface area contributed by atoms with Gasteiger partial charge in [0.1, 0.15) is 0 Å². The molecule has 0 aliphatic heterocycles. The Kier molecular flexibility index (Phi) is 8.95. The van der Waals surface area contributed by atoms with Gasteiger partial charge in [0.2, 0.25) is 0 Å². The maximum Gasteiger partial charge on any atom is 0.335 e. The first kappa shape index (κ1) is 32.4. The third-order valence-electron chi connectivity index (χ3n) is 8.05. The number of hydrogen-bond acceptors (Lipinski definition) is 7. The lowest BCUT2D eigenvalue weighted by atomic mass is 9.92. The molecular weight excluding hydrogens is 627 g/mol. The summed E-state index contributed by atoms with van der Waals surface area (Å²) in [5, 5.41) is 10.0. The SMILES string of the molecule is CC(C)(c1cc(-c2cccc(CC(Sc3ccc(C(=O)O)cc3)c3ccc(S(C)(=O)=O)cc3)c2)c2ncccc2c1)S(C)(=O)=O. The zero-order chi connectivity index (χ0) is 32.6. The molecule has 0 saturated heterocycles. The Morgan fingerprint density at radius 2 is 1.56 bits per heavy atom. The van der Waals surface area contributed by atoms with E-state index in [-0.39, 0.29) is 15.7 Å². The smallest absolute Gasteiger partial charge is 0.335 e. The van der Waals surface area contributed by atoms with Crippen LogP contribution in [-0.2, 0) is 30.8 Å². The van der Waals surface area contributed by atoms with E-state index in [0.29, 0.717) is 12.0 Å². The molecule has 1 heterocycles. The van der Waals surface area contributed by atoms with Crippen molar-refractivity contribution in [3.63, 3.8) is 0 Å². The topological polar surface area (TPSA) is 118 Å². The number of thioether (sulfide) groups is 1. The van der Waals surface area contributed by atoms with Crippen molar-refractivity contribution in [3.05, 3.63) is 126 Å². The highest BCUT2D eigenvalue weighted by atomic mass is 32.2. The molecule has 7 nitrogen and oxygen atoms in total. The lowest BCUT2D eigenvalue weighted by Gasteiger charge is -2.24. The van der Waals surface area contributed by atoms with E-state index in [4.69, 9.17) is 0 Å². The highest BCUT2D eigenvalue weighted by molar-refractivity contribution is 7.99. The standard InChI is InChI=1S/C35H33NO6S3/c1-35(2,45(4,41)42)28-21-27-9-6-18-36-33(27)31(22-28)26-8-5-7-23(19-26)20-32(24-12-16-30(17-13-24)44(3,39)40)43-29-14-10-25(11-15-29)34(37)38/h5-19,21-22,32H,20H2,1-4H3,(H,37,38). The molecule has 0 aliphatic rings. The van der Waals surface area contributed by atoms with Gasteiger partial charge in [-0.2, -0.15) is 0 Å². The van der Waals surface area contributed by atoms with E-state index in [1.807, 2.05) is 54.6 Å². The van der Waals surface area contributed by atoms with Crippen molar-refractivity contribution in [1.82, 2.24) is 4.98 Å². The van der Waals surface area contributed by atoms with Gasteiger partial charge in [-0.05, 0) is 97.1 Å². The highest BCUT2D eigenvalue weighted by Gasteiger charge is 2.33. The van der Waals surface area contributed by atoms with Gasteiger partial charge >= 0.3 is 5.97 Å². The van der Waals surface area contributed by atoms with Crippen LogP contribution in [0.3, 0.4) is 0 Å². The Bertz CT molecular complexity index is 2110. The van der Waals surface area contributed by atoms with Crippen LogP contribution in [0.1, 0.15) is 46.1 Å². The van der Waals surface area contributed by atoms with Crippen LogP contribution >= 0.6 is 11.8 Å². The normalized spacial score (nSPS) is 13.1. The van der Waals surface area contributed by atoms with Gasteiger partial charge in [-0.15, -0.1) is 11.8 Å². The van der Waals surface area contributed by atoms with Crippen molar-refractivity contribution < 1.29 is 26.7 Å². The molecule has 0 bridgehead atoms. The largest absolute Gasteiger partial charge is 0.478 e. The summed E-state index contributed by atoms with van der Waals surface area (Å²) < 4.78 is 48.6. The molecule has 232 valence electrons. The third-order valence-corrected chi connectivity index (χ3v) is 12.5. The number of carboxylic acid groups (broad SMARTS) is 1. The number of aromatic carboxylic acids is 1. The van der Waals surface area contributed by atoms with E-state index in [0.717, 1.165) is 38.1 Å². The van der Waals surface area contributed by atoms with Gasteiger partial charge in [0.15, 0.2) is 19.7 Å². The minimum Gasteiger partial charge on any atom is -0.478 e. The molecule has 1 N–H and O–H groups in total. The number of carbonyl (C=O) groups is 1. The molecule has 0 aliphatic carbocycles. The van der Waals surface area contributed by atoms with Crippen LogP contribution in [0.15, 0.2) is 113 Å². The molecule has 1 aromatic heterocycles. The Morgan fingerprint density at radius 1 is 0.867 bits per heavy atom. The summed E-state index contributed by atoms with van der Waals surface area (Å²) in [6.07, 6.45) is 4.72. The summed E-state index contributed by atoms with van der Waals surface area (Å²) in [7, 11) is -6.78. The molecule has 0 spiro atoms. The maximum absolute atomic E-state index is 12.7. The first-order chi connectivity index (χ1) is 21.1. The average Bonchev–Trinajstić information content (AvgIpc) is 2.99. The minimum absolute atomic E-state index is 0.130. The number of pyridine rings is 1. The first-order valence-corrected chi connectivity index (χ1v) is 18.8. The summed E-state index contributed by atoms with van der Waals surface area (Å²) in [4.78, 5) is 17.1. The number of aromatic nitrogens is 1. The van der Waals surface area contributed by atoms with Gasteiger partial charge in [0, 0.05) is 39.8 Å². The van der Waals surface area contributed by atoms with Crippen LogP contribution in [0.5, 0.6) is 0 Å². The first-order valence-electron chi connectivity index (χ1n) is 14.1. The fourth-order valence-corrected chi connectivity index (χ4v) is 7.42. The van der Waals surface area contributed by atoms with E-state index in [1.165, 1.54) is 12.5 Å². The zero-order valence-electron chi connectivity index (χ0n) is 25.3. The number of nitrogens with zero attached hydrogens (tertiary/aromatic N) is 1. The third kappa shape index (κ3) is 7.13. The van der Waals surface area contributed by atoms with Gasteiger partial charge in [0.25, 0.3) is 0 Å². The molecule has 1 unspecified atom stereocenters. The number of carboxylic acids is 1. The quantitative estimate of drug-likeness (QED) is 0.155. The summed E-state index contributed by atoms with van der Waals surface area (Å²) in [5.74, 6) is -0.998. The lowest BCUT2D eigenvalue weighted by Crippen LogP contribution is -2.28. The molecule has 0 saturated carbocycles. The maximum atomic E-state index is 12.7. The van der Waals surface area contributed by atoms with Gasteiger partial charge in [-0.25, -0.2) is 21.6 Å².